The smallest absolute Gasteiger partial charge is 0.425 e. The highest BCUT2D eigenvalue weighted by Crippen LogP contribution is 2.34. The largest absolute Gasteiger partial charge is 0.481 e. The molecular weight excluding hydrogens is 474 g/mol. The number of carbonyl (C=O) groups is 2. The van der Waals surface area contributed by atoms with Crippen molar-refractivity contribution in [2.45, 2.75) is 59.4 Å². The van der Waals surface area contributed by atoms with Crippen LogP contribution < -0.4 is 24.8 Å². The number of halogens is 4. The Morgan fingerprint density at radius 1 is 1.09 bits per heavy atom. The summed E-state index contributed by atoms with van der Waals surface area (Å²) in [7, 11) is 1.38. The molecule has 2 N–H and O–H groups in total. The molecule has 1 aromatic heterocycles. The van der Waals surface area contributed by atoms with Gasteiger partial charge in [0.2, 0.25) is 5.88 Å². The standard InChI is InChI=1S/C23H27F4N3O5/c1-11-10-28-20(33-7)12(2)18(11)29-19(31)14-8-15(24)17(35-21(32)30-22(4,5)6)9-16(14)34-13(3)23(25,26)27/h8-10,13H,1-7H3,(H,30,32)(H,28,29,31)/t13-/m0/s1. The van der Waals surface area contributed by atoms with E-state index in [9.17, 15) is 27.2 Å². The highest BCUT2D eigenvalue weighted by molar-refractivity contribution is 6.07. The van der Waals surface area contributed by atoms with Gasteiger partial charge in [0.15, 0.2) is 17.7 Å². The summed E-state index contributed by atoms with van der Waals surface area (Å²) < 4.78 is 69.2. The SMILES string of the molecule is COc1ncc(C)c(NC(=O)c2cc(F)c(OC(=O)NC(C)(C)C)cc2O[C@@H](C)C(F)(F)F)c1C. The van der Waals surface area contributed by atoms with E-state index in [0.717, 1.165) is 13.0 Å². The first-order valence-corrected chi connectivity index (χ1v) is 10.4. The van der Waals surface area contributed by atoms with Gasteiger partial charge in [0, 0.05) is 23.4 Å². The average molecular weight is 501 g/mol. The van der Waals surface area contributed by atoms with Crippen LogP contribution >= 0.6 is 0 Å². The molecule has 0 bridgehead atoms. The van der Waals surface area contributed by atoms with Gasteiger partial charge in [-0.25, -0.2) is 14.2 Å². The van der Waals surface area contributed by atoms with Gasteiger partial charge in [-0.1, -0.05) is 0 Å². The lowest BCUT2D eigenvalue weighted by molar-refractivity contribution is -0.189. The molecule has 2 amide bonds. The van der Waals surface area contributed by atoms with Crippen LogP contribution in [0.25, 0.3) is 0 Å². The van der Waals surface area contributed by atoms with Crippen molar-refractivity contribution >= 4 is 17.7 Å². The van der Waals surface area contributed by atoms with Crippen molar-refractivity contribution in [1.29, 1.82) is 0 Å². The number of pyridine rings is 1. The average Bonchev–Trinajstić information content (AvgIpc) is 2.71. The maximum Gasteiger partial charge on any atom is 0.425 e. The summed E-state index contributed by atoms with van der Waals surface area (Å²) in [5.41, 5.74) is -0.00854. The fraction of sp³-hybridized carbons (Fsp3) is 0.435. The van der Waals surface area contributed by atoms with Crippen LogP contribution in [-0.2, 0) is 0 Å². The molecule has 0 aliphatic heterocycles. The van der Waals surface area contributed by atoms with Gasteiger partial charge < -0.3 is 24.8 Å². The van der Waals surface area contributed by atoms with Crippen molar-refractivity contribution in [2.75, 3.05) is 12.4 Å². The number of hydrogen-bond acceptors (Lipinski definition) is 6. The number of nitrogens with zero attached hydrogens (tertiary/aromatic N) is 1. The number of hydrogen-bond donors (Lipinski definition) is 2. The van der Waals surface area contributed by atoms with Crippen LogP contribution in [0.2, 0.25) is 0 Å². The van der Waals surface area contributed by atoms with Crippen LogP contribution in [0.5, 0.6) is 17.4 Å². The van der Waals surface area contributed by atoms with Gasteiger partial charge in [-0.15, -0.1) is 0 Å². The van der Waals surface area contributed by atoms with E-state index in [0.29, 0.717) is 17.2 Å². The topological polar surface area (TPSA) is 98.8 Å². The number of ether oxygens (including phenoxy) is 3. The van der Waals surface area contributed by atoms with Gasteiger partial charge in [0.05, 0.1) is 18.4 Å². The van der Waals surface area contributed by atoms with Gasteiger partial charge in [-0.2, -0.15) is 13.2 Å². The Bertz CT molecular complexity index is 1110. The summed E-state index contributed by atoms with van der Waals surface area (Å²) in [6.45, 7) is 8.92. The van der Waals surface area contributed by atoms with E-state index >= 15 is 0 Å². The number of anilines is 1. The lowest BCUT2D eigenvalue weighted by Crippen LogP contribution is -2.42. The quantitative estimate of drug-likeness (QED) is 0.521. The Morgan fingerprint density at radius 2 is 1.71 bits per heavy atom. The summed E-state index contributed by atoms with van der Waals surface area (Å²) in [4.78, 5) is 29.1. The lowest BCUT2D eigenvalue weighted by Gasteiger charge is -2.22. The van der Waals surface area contributed by atoms with E-state index < -0.39 is 52.7 Å². The van der Waals surface area contributed by atoms with Crippen molar-refractivity contribution in [2.24, 2.45) is 0 Å². The zero-order valence-electron chi connectivity index (χ0n) is 20.3. The zero-order chi connectivity index (χ0) is 26.7. The first kappa shape index (κ1) is 27.7. The summed E-state index contributed by atoms with van der Waals surface area (Å²) in [6.07, 6.45) is -6.74. The number of aryl methyl sites for hydroxylation is 1. The van der Waals surface area contributed by atoms with Gasteiger partial charge in [0.25, 0.3) is 5.91 Å². The molecular formula is C23H27F4N3O5. The summed E-state index contributed by atoms with van der Waals surface area (Å²) in [5.74, 6) is -3.26. The molecule has 8 nitrogen and oxygen atoms in total. The second-order valence-corrected chi connectivity index (χ2v) is 8.75. The Balaban J connectivity index is 2.50. The number of nitrogens with one attached hydrogen (secondary N) is 2. The molecule has 1 heterocycles. The number of methoxy groups -OCH3 is 1. The molecule has 0 fully saturated rings. The van der Waals surface area contributed by atoms with Crippen molar-refractivity contribution in [3.05, 3.63) is 40.8 Å². The Hall–Kier alpha value is -3.57. The highest BCUT2D eigenvalue weighted by Gasteiger charge is 2.39. The predicted molar refractivity (Wildman–Crippen MR) is 120 cm³/mol. The number of alkyl halides is 3. The fourth-order valence-electron chi connectivity index (χ4n) is 2.88. The fourth-order valence-corrected chi connectivity index (χ4v) is 2.88. The first-order chi connectivity index (χ1) is 16.0. The number of aromatic nitrogens is 1. The van der Waals surface area contributed by atoms with E-state index in [2.05, 4.69) is 15.6 Å². The van der Waals surface area contributed by atoms with Crippen LogP contribution in [-0.4, -0.2) is 41.9 Å². The molecule has 192 valence electrons. The van der Waals surface area contributed by atoms with Crippen LogP contribution in [0, 0.1) is 19.7 Å². The molecule has 0 radical (unpaired) electrons. The molecule has 0 saturated carbocycles. The van der Waals surface area contributed by atoms with Crippen molar-refractivity contribution in [3.8, 4) is 17.4 Å². The minimum Gasteiger partial charge on any atom is -0.481 e. The van der Waals surface area contributed by atoms with E-state index in [4.69, 9.17) is 14.2 Å². The van der Waals surface area contributed by atoms with Crippen LogP contribution in [0.1, 0.15) is 49.2 Å². The number of benzene rings is 1. The predicted octanol–water partition coefficient (Wildman–Crippen LogP) is 5.31. The Morgan fingerprint density at radius 3 is 2.26 bits per heavy atom. The van der Waals surface area contributed by atoms with Crippen molar-refractivity contribution in [1.82, 2.24) is 10.3 Å². The number of amides is 2. The van der Waals surface area contributed by atoms with Gasteiger partial charge in [0.1, 0.15) is 5.75 Å². The Kier molecular flexibility index (Phi) is 8.19. The van der Waals surface area contributed by atoms with E-state index in [1.807, 2.05) is 0 Å². The maximum absolute atomic E-state index is 14.8. The molecule has 1 atom stereocenters. The second-order valence-electron chi connectivity index (χ2n) is 8.75. The van der Waals surface area contributed by atoms with Crippen LogP contribution in [0.15, 0.2) is 18.3 Å². The second kappa shape index (κ2) is 10.4. The maximum atomic E-state index is 14.8. The zero-order valence-corrected chi connectivity index (χ0v) is 20.3. The van der Waals surface area contributed by atoms with Crippen molar-refractivity contribution in [3.63, 3.8) is 0 Å². The minimum absolute atomic E-state index is 0.216. The summed E-state index contributed by atoms with van der Waals surface area (Å²) in [5, 5.41) is 4.96. The Labute approximate surface area is 200 Å². The molecule has 0 saturated heterocycles. The van der Waals surface area contributed by atoms with Gasteiger partial charge >= 0.3 is 12.3 Å². The molecule has 0 unspecified atom stereocenters. The third-order valence-electron chi connectivity index (χ3n) is 4.62. The van der Waals surface area contributed by atoms with Gasteiger partial charge in [-0.05, 0) is 53.2 Å². The molecule has 2 aromatic rings. The minimum atomic E-state index is -4.78. The van der Waals surface area contributed by atoms with Crippen LogP contribution in [0.3, 0.4) is 0 Å². The molecule has 1 aromatic carbocycles. The summed E-state index contributed by atoms with van der Waals surface area (Å²) in [6, 6.07) is 1.36. The van der Waals surface area contributed by atoms with E-state index in [-0.39, 0.29) is 11.6 Å². The number of carbonyl (C=O) groups excluding carboxylic acids is 2. The van der Waals surface area contributed by atoms with Gasteiger partial charge in [-0.3, -0.25) is 4.79 Å². The normalized spacial score (nSPS) is 12.5. The van der Waals surface area contributed by atoms with Crippen LogP contribution in [0.4, 0.5) is 28.0 Å². The van der Waals surface area contributed by atoms with E-state index in [1.165, 1.54) is 13.3 Å². The monoisotopic (exact) mass is 501 g/mol. The third kappa shape index (κ3) is 7.20. The molecule has 12 heteroatoms. The highest BCUT2D eigenvalue weighted by atomic mass is 19.4. The molecule has 0 spiro atoms. The van der Waals surface area contributed by atoms with E-state index in [1.54, 1.807) is 34.6 Å². The third-order valence-corrected chi connectivity index (χ3v) is 4.62. The number of rotatable bonds is 6. The molecule has 0 aliphatic carbocycles. The molecule has 35 heavy (non-hydrogen) atoms. The molecule has 0 aliphatic rings. The molecule has 2 rings (SSSR count). The first-order valence-electron chi connectivity index (χ1n) is 10.4. The summed E-state index contributed by atoms with van der Waals surface area (Å²) >= 11 is 0. The van der Waals surface area contributed by atoms with Crippen molar-refractivity contribution < 1.29 is 41.4 Å². The lowest BCUT2D eigenvalue weighted by atomic mass is 10.1.